The first-order chi connectivity index (χ1) is 5.63. The average Bonchev–Trinajstić information content (AvgIpc) is 2.03. The SMILES string of the molecule is CC(C)c1cc(CN)nc(Cl)n1. The fraction of sp³-hybridized carbons (Fsp3) is 0.500. The summed E-state index contributed by atoms with van der Waals surface area (Å²) in [5.74, 6) is 0.357. The first-order valence-corrected chi connectivity index (χ1v) is 4.24. The van der Waals surface area contributed by atoms with E-state index in [0.717, 1.165) is 11.4 Å². The van der Waals surface area contributed by atoms with Crippen LogP contribution >= 0.6 is 11.6 Å². The van der Waals surface area contributed by atoms with Crippen molar-refractivity contribution in [2.75, 3.05) is 0 Å². The van der Waals surface area contributed by atoms with Gasteiger partial charge in [0.2, 0.25) is 5.28 Å². The molecule has 0 saturated carbocycles. The maximum absolute atomic E-state index is 5.70. The predicted octanol–water partition coefficient (Wildman–Crippen LogP) is 1.71. The molecule has 0 aliphatic heterocycles. The van der Waals surface area contributed by atoms with Crippen molar-refractivity contribution in [3.63, 3.8) is 0 Å². The lowest BCUT2D eigenvalue weighted by atomic mass is 10.1. The fourth-order valence-corrected chi connectivity index (χ4v) is 1.09. The van der Waals surface area contributed by atoms with Gasteiger partial charge in [0.25, 0.3) is 0 Å². The van der Waals surface area contributed by atoms with Crippen LogP contribution < -0.4 is 5.73 Å². The van der Waals surface area contributed by atoms with Crippen LogP contribution in [0.2, 0.25) is 5.28 Å². The maximum Gasteiger partial charge on any atom is 0.222 e. The molecule has 0 aromatic carbocycles. The zero-order chi connectivity index (χ0) is 9.14. The van der Waals surface area contributed by atoms with Crippen LogP contribution in [-0.4, -0.2) is 9.97 Å². The first-order valence-electron chi connectivity index (χ1n) is 3.87. The Labute approximate surface area is 77.0 Å². The second kappa shape index (κ2) is 3.83. The molecule has 0 unspecified atom stereocenters. The van der Waals surface area contributed by atoms with Gasteiger partial charge in [0.1, 0.15) is 0 Å². The van der Waals surface area contributed by atoms with Gasteiger partial charge in [-0.25, -0.2) is 9.97 Å². The summed E-state index contributed by atoms with van der Waals surface area (Å²) in [4.78, 5) is 8.04. The molecule has 0 saturated heterocycles. The van der Waals surface area contributed by atoms with Crippen LogP contribution in [0.4, 0.5) is 0 Å². The molecule has 1 aromatic heterocycles. The van der Waals surface area contributed by atoms with E-state index in [2.05, 4.69) is 23.8 Å². The second-order valence-electron chi connectivity index (χ2n) is 2.91. The summed E-state index contributed by atoms with van der Waals surface area (Å²) >= 11 is 5.70. The lowest BCUT2D eigenvalue weighted by molar-refractivity contribution is 0.800. The molecular formula is C8H12ClN3. The van der Waals surface area contributed by atoms with Crippen molar-refractivity contribution in [3.8, 4) is 0 Å². The molecule has 0 bridgehead atoms. The van der Waals surface area contributed by atoms with Gasteiger partial charge in [-0.15, -0.1) is 0 Å². The number of hydrogen-bond donors (Lipinski definition) is 1. The monoisotopic (exact) mass is 185 g/mol. The van der Waals surface area contributed by atoms with E-state index in [0.29, 0.717) is 12.5 Å². The average molecular weight is 186 g/mol. The van der Waals surface area contributed by atoms with E-state index >= 15 is 0 Å². The zero-order valence-electron chi connectivity index (χ0n) is 7.21. The Bertz CT molecular complexity index is 273. The van der Waals surface area contributed by atoms with Crippen LogP contribution in [0, 0.1) is 0 Å². The highest BCUT2D eigenvalue weighted by molar-refractivity contribution is 6.28. The third kappa shape index (κ3) is 2.16. The molecular weight excluding hydrogens is 174 g/mol. The van der Waals surface area contributed by atoms with E-state index in [1.807, 2.05) is 6.07 Å². The third-order valence-electron chi connectivity index (χ3n) is 1.57. The van der Waals surface area contributed by atoms with Crippen molar-refractivity contribution in [2.24, 2.45) is 5.73 Å². The van der Waals surface area contributed by atoms with Crippen LogP contribution in [0.15, 0.2) is 6.07 Å². The normalized spacial score (nSPS) is 10.8. The predicted molar refractivity (Wildman–Crippen MR) is 49.0 cm³/mol. The molecule has 0 spiro atoms. The van der Waals surface area contributed by atoms with E-state index < -0.39 is 0 Å². The number of aromatic nitrogens is 2. The van der Waals surface area contributed by atoms with Gasteiger partial charge in [-0.2, -0.15) is 0 Å². The summed E-state index contributed by atoms with van der Waals surface area (Å²) in [5.41, 5.74) is 7.17. The second-order valence-corrected chi connectivity index (χ2v) is 3.25. The Kier molecular flexibility index (Phi) is 3.00. The molecule has 0 fully saturated rings. The van der Waals surface area contributed by atoms with Crippen molar-refractivity contribution in [1.82, 2.24) is 9.97 Å². The van der Waals surface area contributed by atoms with Gasteiger partial charge in [0.15, 0.2) is 0 Å². The van der Waals surface area contributed by atoms with Gasteiger partial charge >= 0.3 is 0 Å². The van der Waals surface area contributed by atoms with E-state index in [1.165, 1.54) is 0 Å². The molecule has 0 atom stereocenters. The standard InChI is InChI=1S/C8H12ClN3/c1-5(2)7-3-6(4-10)11-8(9)12-7/h3,5H,4,10H2,1-2H3. The molecule has 0 amide bonds. The van der Waals surface area contributed by atoms with Gasteiger partial charge < -0.3 is 5.73 Å². The van der Waals surface area contributed by atoms with Crippen molar-refractivity contribution in [3.05, 3.63) is 22.7 Å². The minimum absolute atomic E-state index is 0.279. The summed E-state index contributed by atoms with van der Waals surface area (Å²) in [6.07, 6.45) is 0. The van der Waals surface area contributed by atoms with Crippen LogP contribution in [-0.2, 0) is 6.54 Å². The third-order valence-corrected chi connectivity index (χ3v) is 1.74. The smallest absolute Gasteiger partial charge is 0.222 e. The lowest BCUT2D eigenvalue weighted by Crippen LogP contribution is -2.04. The van der Waals surface area contributed by atoms with E-state index in [1.54, 1.807) is 0 Å². The zero-order valence-corrected chi connectivity index (χ0v) is 7.97. The molecule has 4 heteroatoms. The molecule has 2 N–H and O–H groups in total. The van der Waals surface area contributed by atoms with Crippen molar-refractivity contribution >= 4 is 11.6 Å². The highest BCUT2D eigenvalue weighted by Crippen LogP contribution is 2.14. The van der Waals surface area contributed by atoms with Gasteiger partial charge in [0, 0.05) is 12.2 Å². The molecule has 1 rings (SSSR count). The Morgan fingerprint density at radius 1 is 1.50 bits per heavy atom. The van der Waals surface area contributed by atoms with E-state index in [4.69, 9.17) is 17.3 Å². The van der Waals surface area contributed by atoms with Crippen molar-refractivity contribution in [2.45, 2.75) is 26.3 Å². The van der Waals surface area contributed by atoms with Gasteiger partial charge in [-0.05, 0) is 23.6 Å². The molecule has 0 aliphatic rings. The number of rotatable bonds is 2. The van der Waals surface area contributed by atoms with Crippen LogP contribution in [0.25, 0.3) is 0 Å². The highest BCUT2D eigenvalue weighted by atomic mass is 35.5. The summed E-state index contributed by atoms with van der Waals surface area (Å²) in [7, 11) is 0. The van der Waals surface area contributed by atoms with Crippen molar-refractivity contribution < 1.29 is 0 Å². The summed E-state index contributed by atoms with van der Waals surface area (Å²) < 4.78 is 0. The van der Waals surface area contributed by atoms with Crippen LogP contribution in [0.3, 0.4) is 0 Å². The molecule has 0 aliphatic carbocycles. The van der Waals surface area contributed by atoms with E-state index in [-0.39, 0.29) is 5.28 Å². The summed E-state index contributed by atoms with van der Waals surface area (Å²) in [5, 5.41) is 0.279. The Balaban J connectivity index is 3.06. The Hall–Kier alpha value is -0.670. The van der Waals surface area contributed by atoms with E-state index in [9.17, 15) is 0 Å². The topological polar surface area (TPSA) is 51.8 Å². The molecule has 12 heavy (non-hydrogen) atoms. The molecule has 66 valence electrons. The van der Waals surface area contributed by atoms with Gasteiger partial charge in [-0.3, -0.25) is 0 Å². The Morgan fingerprint density at radius 2 is 2.17 bits per heavy atom. The highest BCUT2D eigenvalue weighted by Gasteiger charge is 2.04. The van der Waals surface area contributed by atoms with Crippen molar-refractivity contribution in [1.29, 1.82) is 0 Å². The Morgan fingerprint density at radius 3 is 2.67 bits per heavy atom. The van der Waals surface area contributed by atoms with Gasteiger partial charge in [-0.1, -0.05) is 13.8 Å². The number of nitrogens with zero attached hydrogens (tertiary/aromatic N) is 2. The minimum atomic E-state index is 0.279. The fourth-order valence-electron chi connectivity index (χ4n) is 0.886. The van der Waals surface area contributed by atoms with Crippen LogP contribution in [0.5, 0.6) is 0 Å². The first kappa shape index (κ1) is 9.42. The number of halogens is 1. The molecule has 0 radical (unpaired) electrons. The molecule has 1 heterocycles. The summed E-state index contributed by atoms with van der Waals surface area (Å²) in [6.45, 7) is 4.51. The number of nitrogens with two attached hydrogens (primary N) is 1. The quantitative estimate of drug-likeness (QED) is 0.714. The summed E-state index contributed by atoms with van der Waals surface area (Å²) in [6, 6.07) is 1.89. The lowest BCUT2D eigenvalue weighted by Gasteiger charge is -2.05. The van der Waals surface area contributed by atoms with Gasteiger partial charge in [0.05, 0.1) is 5.69 Å². The maximum atomic E-state index is 5.70. The molecule has 3 nitrogen and oxygen atoms in total. The number of hydrogen-bond acceptors (Lipinski definition) is 3. The largest absolute Gasteiger partial charge is 0.325 e. The minimum Gasteiger partial charge on any atom is -0.325 e. The molecule has 1 aromatic rings. The van der Waals surface area contributed by atoms with Crippen LogP contribution in [0.1, 0.15) is 31.2 Å².